The van der Waals surface area contributed by atoms with E-state index in [1.165, 1.54) is 14.2 Å². The molecule has 0 radical (unpaired) electrons. The number of hydrogen-bond acceptors (Lipinski definition) is 3. The third-order valence-electron chi connectivity index (χ3n) is 2.95. The van der Waals surface area contributed by atoms with E-state index in [-0.39, 0.29) is 11.8 Å². The third kappa shape index (κ3) is 1.85. The van der Waals surface area contributed by atoms with Gasteiger partial charge in [-0.15, -0.1) is 0 Å². The normalized spacial score (nSPS) is 19.8. The Balaban J connectivity index is 2.40. The van der Waals surface area contributed by atoms with E-state index in [9.17, 15) is 4.39 Å². The number of ether oxygens (including phenoxy) is 2. The number of rotatable bonds is 3. The van der Waals surface area contributed by atoms with Crippen LogP contribution in [0.1, 0.15) is 24.4 Å². The van der Waals surface area contributed by atoms with Gasteiger partial charge in [-0.25, -0.2) is 0 Å². The first kappa shape index (κ1) is 11.2. The fourth-order valence-electron chi connectivity index (χ4n) is 2.14. The standard InChI is InChI=1S/C12H16FNO2/c1-15-10-6-5-8(9-4-3-7-14-9)12(16-2)11(10)13/h5-6,9,14H,3-4,7H2,1-2H3. The van der Waals surface area contributed by atoms with Crippen LogP contribution >= 0.6 is 0 Å². The molecule has 1 unspecified atom stereocenters. The first-order valence-electron chi connectivity index (χ1n) is 5.41. The van der Waals surface area contributed by atoms with Crippen LogP contribution in [0.15, 0.2) is 12.1 Å². The zero-order chi connectivity index (χ0) is 11.5. The molecular weight excluding hydrogens is 209 g/mol. The Morgan fingerprint density at radius 2 is 2.12 bits per heavy atom. The quantitative estimate of drug-likeness (QED) is 0.856. The summed E-state index contributed by atoms with van der Waals surface area (Å²) in [6.45, 7) is 0.974. The summed E-state index contributed by atoms with van der Waals surface area (Å²) < 4.78 is 24.0. The molecule has 0 aromatic heterocycles. The Hall–Kier alpha value is -1.29. The summed E-state index contributed by atoms with van der Waals surface area (Å²) in [5.41, 5.74) is 0.873. The van der Waals surface area contributed by atoms with Crippen LogP contribution in [0.3, 0.4) is 0 Å². The largest absolute Gasteiger partial charge is 0.494 e. The van der Waals surface area contributed by atoms with Crippen molar-refractivity contribution in [2.45, 2.75) is 18.9 Å². The molecule has 1 saturated heterocycles. The van der Waals surface area contributed by atoms with Crippen molar-refractivity contribution < 1.29 is 13.9 Å². The minimum Gasteiger partial charge on any atom is -0.494 e. The highest BCUT2D eigenvalue weighted by Gasteiger charge is 2.23. The molecule has 0 saturated carbocycles. The van der Waals surface area contributed by atoms with Crippen LogP contribution in [0.4, 0.5) is 4.39 Å². The van der Waals surface area contributed by atoms with E-state index in [0.29, 0.717) is 5.75 Å². The number of halogens is 1. The summed E-state index contributed by atoms with van der Waals surface area (Å²) in [4.78, 5) is 0. The first-order valence-corrected chi connectivity index (χ1v) is 5.41. The van der Waals surface area contributed by atoms with Gasteiger partial charge in [0.15, 0.2) is 11.5 Å². The number of hydrogen-bond donors (Lipinski definition) is 1. The Morgan fingerprint density at radius 3 is 2.69 bits per heavy atom. The van der Waals surface area contributed by atoms with Gasteiger partial charge < -0.3 is 14.8 Å². The van der Waals surface area contributed by atoms with Gasteiger partial charge in [0.1, 0.15) is 0 Å². The van der Waals surface area contributed by atoms with E-state index >= 15 is 0 Å². The summed E-state index contributed by atoms with van der Waals surface area (Å²) in [7, 11) is 2.93. The van der Waals surface area contributed by atoms with Crippen LogP contribution in [0.5, 0.6) is 11.5 Å². The molecule has 88 valence electrons. The van der Waals surface area contributed by atoms with E-state index < -0.39 is 5.82 Å². The van der Waals surface area contributed by atoms with E-state index in [4.69, 9.17) is 9.47 Å². The van der Waals surface area contributed by atoms with E-state index in [2.05, 4.69) is 5.32 Å². The SMILES string of the molecule is COc1ccc(C2CCCN2)c(OC)c1F. The second-order valence-corrected chi connectivity index (χ2v) is 3.85. The van der Waals surface area contributed by atoms with E-state index in [1.807, 2.05) is 6.07 Å². The topological polar surface area (TPSA) is 30.5 Å². The predicted octanol–water partition coefficient (Wildman–Crippen LogP) is 2.27. The van der Waals surface area contributed by atoms with Gasteiger partial charge in [0.05, 0.1) is 14.2 Å². The Labute approximate surface area is 94.6 Å². The smallest absolute Gasteiger partial charge is 0.207 e. The lowest BCUT2D eigenvalue weighted by atomic mass is 10.0. The average molecular weight is 225 g/mol. The zero-order valence-corrected chi connectivity index (χ0v) is 9.55. The third-order valence-corrected chi connectivity index (χ3v) is 2.95. The van der Waals surface area contributed by atoms with Crippen LogP contribution in [0.25, 0.3) is 0 Å². The molecule has 4 heteroatoms. The molecule has 1 aromatic rings. The van der Waals surface area contributed by atoms with Gasteiger partial charge >= 0.3 is 0 Å². The minimum absolute atomic E-state index is 0.190. The number of methoxy groups -OCH3 is 2. The molecule has 1 aliphatic rings. The molecular formula is C12H16FNO2. The van der Waals surface area contributed by atoms with Gasteiger partial charge in [-0.3, -0.25) is 0 Å². The van der Waals surface area contributed by atoms with Gasteiger partial charge in [0.25, 0.3) is 0 Å². The molecule has 16 heavy (non-hydrogen) atoms. The van der Waals surface area contributed by atoms with Gasteiger partial charge in [-0.2, -0.15) is 4.39 Å². The van der Waals surface area contributed by atoms with Crippen LogP contribution < -0.4 is 14.8 Å². The predicted molar refractivity (Wildman–Crippen MR) is 59.5 cm³/mol. The van der Waals surface area contributed by atoms with Crippen LogP contribution in [-0.2, 0) is 0 Å². The molecule has 1 aliphatic heterocycles. The lowest BCUT2D eigenvalue weighted by Gasteiger charge is -2.16. The van der Waals surface area contributed by atoms with Crippen molar-refractivity contribution in [1.82, 2.24) is 5.32 Å². The van der Waals surface area contributed by atoms with E-state index in [1.54, 1.807) is 6.07 Å². The van der Waals surface area contributed by atoms with Crippen molar-refractivity contribution >= 4 is 0 Å². The fourth-order valence-corrected chi connectivity index (χ4v) is 2.14. The monoisotopic (exact) mass is 225 g/mol. The van der Waals surface area contributed by atoms with E-state index in [0.717, 1.165) is 24.9 Å². The van der Waals surface area contributed by atoms with Crippen molar-refractivity contribution in [3.05, 3.63) is 23.5 Å². The van der Waals surface area contributed by atoms with Gasteiger partial charge in [0.2, 0.25) is 5.82 Å². The Bertz CT molecular complexity index is 376. The lowest BCUT2D eigenvalue weighted by molar-refractivity contribution is 0.344. The molecule has 1 fully saturated rings. The van der Waals surface area contributed by atoms with Crippen molar-refractivity contribution in [2.24, 2.45) is 0 Å². The maximum absolute atomic E-state index is 13.9. The molecule has 0 amide bonds. The van der Waals surface area contributed by atoms with Crippen molar-refractivity contribution in [3.8, 4) is 11.5 Å². The summed E-state index contributed by atoms with van der Waals surface area (Å²) >= 11 is 0. The molecule has 0 aliphatic carbocycles. The highest BCUT2D eigenvalue weighted by molar-refractivity contribution is 5.44. The van der Waals surface area contributed by atoms with Gasteiger partial charge in [-0.1, -0.05) is 0 Å². The average Bonchev–Trinajstić information content (AvgIpc) is 2.82. The zero-order valence-electron chi connectivity index (χ0n) is 9.55. The van der Waals surface area contributed by atoms with Crippen LogP contribution in [0, 0.1) is 5.82 Å². The molecule has 2 rings (SSSR count). The molecule has 0 bridgehead atoms. The maximum atomic E-state index is 13.9. The maximum Gasteiger partial charge on any atom is 0.207 e. The van der Waals surface area contributed by atoms with Crippen LogP contribution in [-0.4, -0.2) is 20.8 Å². The Morgan fingerprint density at radius 1 is 1.31 bits per heavy atom. The van der Waals surface area contributed by atoms with Gasteiger partial charge in [-0.05, 0) is 31.5 Å². The summed E-state index contributed by atoms with van der Waals surface area (Å²) in [6, 6.07) is 3.70. The lowest BCUT2D eigenvalue weighted by Crippen LogP contribution is -2.14. The highest BCUT2D eigenvalue weighted by atomic mass is 19.1. The summed E-state index contributed by atoms with van der Waals surface area (Å²) in [5, 5.41) is 3.32. The first-order chi connectivity index (χ1) is 7.77. The van der Waals surface area contributed by atoms with Crippen molar-refractivity contribution in [2.75, 3.05) is 20.8 Å². The summed E-state index contributed by atoms with van der Waals surface area (Å²) in [6.07, 6.45) is 2.13. The molecule has 1 N–H and O–H groups in total. The second kappa shape index (κ2) is 4.70. The molecule has 1 heterocycles. The second-order valence-electron chi connectivity index (χ2n) is 3.85. The minimum atomic E-state index is -0.420. The van der Waals surface area contributed by atoms with Crippen molar-refractivity contribution in [3.63, 3.8) is 0 Å². The van der Waals surface area contributed by atoms with Gasteiger partial charge in [0, 0.05) is 11.6 Å². The molecule has 0 spiro atoms. The van der Waals surface area contributed by atoms with Crippen molar-refractivity contribution in [1.29, 1.82) is 0 Å². The Kier molecular flexibility index (Phi) is 3.29. The number of benzene rings is 1. The molecule has 3 nitrogen and oxygen atoms in total. The molecule has 1 aromatic carbocycles. The highest BCUT2D eigenvalue weighted by Crippen LogP contribution is 2.36. The molecule has 1 atom stereocenters. The summed E-state index contributed by atoms with van der Waals surface area (Å²) in [5.74, 6) is 0.0912. The van der Waals surface area contributed by atoms with Crippen LogP contribution in [0.2, 0.25) is 0 Å². The number of nitrogens with one attached hydrogen (secondary N) is 1. The fraction of sp³-hybridized carbons (Fsp3) is 0.500.